The van der Waals surface area contributed by atoms with Gasteiger partial charge in [0.15, 0.2) is 0 Å². The standard InChI is InChI=1S/C12H16BrNO/c13-12-7-6-11(8-14-12)15-9-10-4-2-1-3-5-10/h1-5,11-12,14H,6-9H2. The minimum Gasteiger partial charge on any atom is -0.372 e. The number of ether oxygens (including phenoxy) is 1. The largest absolute Gasteiger partial charge is 0.372 e. The van der Waals surface area contributed by atoms with Crippen molar-refractivity contribution in [3.05, 3.63) is 35.9 Å². The highest BCUT2D eigenvalue weighted by Gasteiger charge is 2.18. The summed E-state index contributed by atoms with van der Waals surface area (Å²) in [6, 6.07) is 10.3. The van der Waals surface area contributed by atoms with Crippen molar-refractivity contribution in [3.8, 4) is 0 Å². The number of benzene rings is 1. The third kappa shape index (κ3) is 3.59. The first-order chi connectivity index (χ1) is 7.34. The topological polar surface area (TPSA) is 21.3 Å². The molecular formula is C12H16BrNO. The fourth-order valence-electron chi connectivity index (χ4n) is 1.73. The van der Waals surface area contributed by atoms with E-state index in [1.165, 1.54) is 5.56 Å². The number of halogens is 1. The van der Waals surface area contributed by atoms with Gasteiger partial charge in [0.2, 0.25) is 0 Å². The fraction of sp³-hybridized carbons (Fsp3) is 0.500. The smallest absolute Gasteiger partial charge is 0.0721 e. The summed E-state index contributed by atoms with van der Waals surface area (Å²) in [5.41, 5.74) is 1.25. The van der Waals surface area contributed by atoms with Crippen LogP contribution in [-0.4, -0.2) is 17.6 Å². The minimum atomic E-state index is 0.360. The van der Waals surface area contributed by atoms with E-state index in [1.54, 1.807) is 0 Å². The van der Waals surface area contributed by atoms with Crippen LogP contribution in [0.15, 0.2) is 30.3 Å². The van der Waals surface area contributed by atoms with Gasteiger partial charge in [0.05, 0.1) is 17.7 Å². The van der Waals surface area contributed by atoms with Gasteiger partial charge in [-0.3, -0.25) is 0 Å². The molecule has 2 atom stereocenters. The van der Waals surface area contributed by atoms with Gasteiger partial charge in [-0.05, 0) is 18.4 Å². The van der Waals surface area contributed by atoms with Gasteiger partial charge in [0.1, 0.15) is 0 Å². The average molecular weight is 270 g/mol. The first-order valence-corrected chi connectivity index (χ1v) is 6.29. The highest BCUT2D eigenvalue weighted by Crippen LogP contribution is 2.16. The van der Waals surface area contributed by atoms with Gasteiger partial charge in [-0.1, -0.05) is 46.3 Å². The zero-order valence-corrected chi connectivity index (χ0v) is 10.2. The van der Waals surface area contributed by atoms with Crippen molar-refractivity contribution in [2.45, 2.75) is 30.5 Å². The lowest BCUT2D eigenvalue weighted by atomic mass is 10.1. The van der Waals surface area contributed by atoms with Crippen molar-refractivity contribution in [2.75, 3.05) is 6.54 Å². The number of hydrogen-bond donors (Lipinski definition) is 1. The van der Waals surface area contributed by atoms with Crippen molar-refractivity contribution in [1.29, 1.82) is 0 Å². The Morgan fingerprint density at radius 2 is 2.07 bits per heavy atom. The van der Waals surface area contributed by atoms with Gasteiger partial charge < -0.3 is 10.1 Å². The van der Waals surface area contributed by atoms with E-state index in [-0.39, 0.29) is 0 Å². The molecule has 1 aliphatic heterocycles. The Morgan fingerprint density at radius 3 is 2.73 bits per heavy atom. The van der Waals surface area contributed by atoms with Crippen LogP contribution in [0.4, 0.5) is 0 Å². The molecule has 2 unspecified atom stereocenters. The van der Waals surface area contributed by atoms with E-state index in [9.17, 15) is 0 Å². The lowest BCUT2D eigenvalue weighted by molar-refractivity contribution is 0.0237. The number of piperidine rings is 1. The van der Waals surface area contributed by atoms with Crippen LogP contribution in [0.1, 0.15) is 18.4 Å². The highest BCUT2D eigenvalue weighted by atomic mass is 79.9. The highest BCUT2D eigenvalue weighted by molar-refractivity contribution is 9.09. The lowest BCUT2D eigenvalue weighted by Gasteiger charge is -2.26. The Labute approximate surface area is 99.1 Å². The molecule has 1 N–H and O–H groups in total. The number of hydrogen-bond acceptors (Lipinski definition) is 2. The Bertz CT molecular complexity index is 283. The van der Waals surface area contributed by atoms with Crippen molar-refractivity contribution >= 4 is 15.9 Å². The van der Waals surface area contributed by atoms with Gasteiger partial charge in [0.25, 0.3) is 0 Å². The van der Waals surface area contributed by atoms with Crippen molar-refractivity contribution in [1.82, 2.24) is 5.32 Å². The summed E-state index contributed by atoms with van der Waals surface area (Å²) >= 11 is 3.55. The van der Waals surface area contributed by atoms with Gasteiger partial charge in [-0.15, -0.1) is 0 Å². The third-order valence-electron chi connectivity index (χ3n) is 2.64. The maximum Gasteiger partial charge on any atom is 0.0721 e. The van der Waals surface area contributed by atoms with Crippen LogP contribution in [0.2, 0.25) is 0 Å². The van der Waals surface area contributed by atoms with E-state index in [2.05, 4.69) is 33.4 Å². The molecule has 1 fully saturated rings. The second-order valence-electron chi connectivity index (χ2n) is 3.87. The van der Waals surface area contributed by atoms with Crippen molar-refractivity contribution in [2.24, 2.45) is 0 Å². The molecule has 1 aliphatic rings. The maximum atomic E-state index is 5.83. The molecular weight excluding hydrogens is 254 g/mol. The molecule has 0 aromatic heterocycles. The Morgan fingerprint density at radius 1 is 1.27 bits per heavy atom. The van der Waals surface area contributed by atoms with Gasteiger partial charge >= 0.3 is 0 Å². The van der Waals surface area contributed by atoms with Crippen molar-refractivity contribution < 1.29 is 4.74 Å². The summed E-state index contributed by atoms with van der Waals surface area (Å²) in [7, 11) is 0. The van der Waals surface area contributed by atoms with Crippen LogP contribution in [-0.2, 0) is 11.3 Å². The van der Waals surface area contributed by atoms with E-state index >= 15 is 0 Å². The molecule has 3 heteroatoms. The number of alkyl halides is 1. The zero-order valence-electron chi connectivity index (χ0n) is 8.66. The van der Waals surface area contributed by atoms with Gasteiger partial charge in [0, 0.05) is 6.54 Å². The fourth-order valence-corrected chi connectivity index (χ4v) is 2.18. The molecule has 82 valence electrons. The molecule has 0 aliphatic carbocycles. The molecule has 2 rings (SSSR count). The number of nitrogens with one attached hydrogen (secondary N) is 1. The summed E-state index contributed by atoms with van der Waals surface area (Å²) < 4.78 is 5.83. The van der Waals surface area contributed by atoms with Crippen LogP contribution in [0.3, 0.4) is 0 Å². The van der Waals surface area contributed by atoms with Gasteiger partial charge in [-0.2, -0.15) is 0 Å². The van der Waals surface area contributed by atoms with Crippen LogP contribution >= 0.6 is 15.9 Å². The predicted molar refractivity (Wildman–Crippen MR) is 65.0 cm³/mol. The molecule has 1 heterocycles. The van der Waals surface area contributed by atoms with E-state index in [0.717, 1.165) is 26.0 Å². The van der Waals surface area contributed by atoms with Gasteiger partial charge in [-0.25, -0.2) is 0 Å². The summed E-state index contributed by atoms with van der Waals surface area (Å²) in [6.07, 6.45) is 2.63. The van der Waals surface area contributed by atoms with E-state index in [4.69, 9.17) is 4.74 Å². The quantitative estimate of drug-likeness (QED) is 0.673. The molecule has 0 amide bonds. The first kappa shape index (κ1) is 11.1. The summed E-state index contributed by atoms with van der Waals surface area (Å²) in [4.78, 5) is 0.467. The number of rotatable bonds is 3. The Balaban J connectivity index is 1.74. The monoisotopic (exact) mass is 269 g/mol. The Kier molecular flexibility index (Phi) is 4.18. The zero-order chi connectivity index (χ0) is 10.5. The molecule has 15 heavy (non-hydrogen) atoms. The minimum absolute atomic E-state index is 0.360. The molecule has 1 saturated heterocycles. The second kappa shape index (κ2) is 5.64. The van der Waals surface area contributed by atoms with E-state index < -0.39 is 0 Å². The van der Waals surface area contributed by atoms with Crippen LogP contribution in [0.5, 0.6) is 0 Å². The molecule has 0 radical (unpaired) electrons. The van der Waals surface area contributed by atoms with Crippen LogP contribution < -0.4 is 5.32 Å². The maximum absolute atomic E-state index is 5.83. The Hall–Kier alpha value is -0.380. The summed E-state index contributed by atoms with van der Waals surface area (Å²) in [5.74, 6) is 0. The molecule has 1 aromatic carbocycles. The first-order valence-electron chi connectivity index (χ1n) is 5.37. The normalized spacial score (nSPS) is 26.5. The summed E-state index contributed by atoms with van der Waals surface area (Å²) in [6.45, 7) is 1.67. The third-order valence-corrected chi connectivity index (χ3v) is 3.42. The second-order valence-corrected chi connectivity index (χ2v) is 4.98. The molecule has 2 nitrogen and oxygen atoms in total. The lowest BCUT2D eigenvalue weighted by Crippen LogP contribution is -2.39. The SMILES string of the molecule is BrC1CCC(OCc2ccccc2)CN1. The van der Waals surface area contributed by atoms with E-state index in [1.807, 2.05) is 18.2 Å². The molecule has 0 saturated carbocycles. The summed E-state index contributed by atoms with van der Waals surface area (Å²) in [5, 5.41) is 3.36. The van der Waals surface area contributed by atoms with Crippen LogP contribution in [0, 0.1) is 0 Å². The molecule has 0 spiro atoms. The predicted octanol–water partition coefficient (Wildman–Crippen LogP) is 2.68. The van der Waals surface area contributed by atoms with Crippen molar-refractivity contribution in [3.63, 3.8) is 0 Å². The molecule has 0 bridgehead atoms. The van der Waals surface area contributed by atoms with E-state index in [0.29, 0.717) is 11.1 Å². The molecule has 1 aromatic rings. The van der Waals surface area contributed by atoms with Crippen LogP contribution in [0.25, 0.3) is 0 Å². The average Bonchev–Trinajstić information content (AvgIpc) is 2.30.